The van der Waals surface area contributed by atoms with Crippen LogP contribution in [0.5, 0.6) is 0 Å². The molecule has 1 N–H and O–H groups in total. The Morgan fingerprint density at radius 3 is 0.879 bits per heavy atom. The number of fused-ring (bicyclic) bond motifs is 9. The molecule has 0 atom stereocenters. The second-order valence-electron chi connectivity index (χ2n) is 30.9. The normalized spacial score (nSPS) is 13.7. The number of nitrogens with zero attached hydrogens (tertiary/aromatic N) is 1. The van der Waals surface area contributed by atoms with Crippen LogP contribution in [-0.4, -0.2) is 14.1 Å². The number of unbranched alkanes of at least 4 members (excludes halogenated alkanes) is 36. The predicted molar refractivity (Wildman–Crippen MR) is 428 cm³/mol. The minimum Gasteiger partial charge on any atom is -0.200 e. The van der Waals surface area contributed by atoms with Crippen molar-refractivity contribution in [2.75, 3.05) is 0 Å². The van der Waals surface area contributed by atoms with Gasteiger partial charge in [-0.05, 0) is 147 Å². The fraction of sp³-hybridized carbons (Fsp3) is 0.543. The zero-order valence-corrected chi connectivity index (χ0v) is 63.5. The van der Waals surface area contributed by atoms with Gasteiger partial charge in [0.1, 0.15) is 0 Å². The lowest BCUT2D eigenvalue weighted by Crippen LogP contribution is -2.25. The van der Waals surface area contributed by atoms with Gasteiger partial charge in [0.2, 0.25) is 0 Å². The Bertz CT molecular complexity index is 3490. The molecule has 0 bridgehead atoms. The van der Waals surface area contributed by atoms with Gasteiger partial charge in [0.15, 0.2) is 0 Å². The number of sulfonamides is 1. The summed E-state index contributed by atoms with van der Waals surface area (Å²) in [6, 6.07) is 54.4. The Kier molecular flexibility index (Phi) is 30.1. The number of nitrogens with one attached hydrogen (secondary N) is 1. The van der Waals surface area contributed by atoms with Crippen molar-refractivity contribution < 1.29 is 8.42 Å². The SMILES string of the molecule is CCCCCCCCCCCCC1(CCCCCCCCCCCC)c2ccccc2-c2ccc(-c3ccc4c(c3)C(=NNS(=O)(=O)c3ccc(C)cc3)c3cc(-c5ccc6c(c5)C(CCCCCCCCCCCC)(CCCCCCCCCCCC)c5ccccc5-6)ccc3-4)cc21. The van der Waals surface area contributed by atoms with E-state index in [9.17, 15) is 8.42 Å². The fourth-order valence-electron chi connectivity index (χ4n) is 17.7. The second-order valence-corrected chi connectivity index (χ2v) is 32.6. The number of aryl methyl sites for hydroxylation is 1. The molecule has 0 heterocycles. The summed E-state index contributed by atoms with van der Waals surface area (Å²) in [5.41, 5.74) is 22.0. The van der Waals surface area contributed by atoms with Gasteiger partial charge in [-0.1, -0.05) is 399 Å². The Morgan fingerprint density at radius 1 is 0.283 bits per heavy atom. The van der Waals surface area contributed by atoms with Crippen LogP contribution in [0.4, 0.5) is 0 Å². The van der Waals surface area contributed by atoms with Gasteiger partial charge in [-0.2, -0.15) is 18.4 Å². The molecule has 7 aromatic carbocycles. The summed E-state index contributed by atoms with van der Waals surface area (Å²) in [5, 5.41) is 5.05. The van der Waals surface area contributed by atoms with Crippen molar-refractivity contribution in [1.29, 1.82) is 0 Å². The van der Waals surface area contributed by atoms with Crippen LogP contribution in [0.3, 0.4) is 0 Å². The minimum absolute atomic E-state index is 0.0492. The van der Waals surface area contributed by atoms with Crippen molar-refractivity contribution in [2.45, 2.75) is 333 Å². The maximum absolute atomic E-state index is 14.3. The highest BCUT2D eigenvalue weighted by atomic mass is 32.2. The number of rotatable bonds is 49. The van der Waals surface area contributed by atoms with Crippen molar-refractivity contribution >= 4 is 15.7 Å². The van der Waals surface area contributed by atoms with Gasteiger partial charge < -0.3 is 0 Å². The zero-order valence-electron chi connectivity index (χ0n) is 62.6. The molecule has 0 unspecified atom stereocenters. The van der Waals surface area contributed by atoms with Crippen molar-refractivity contribution in [3.8, 4) is 55.6 Å². The van der Waals surface area contributed by atoms with E-state index in [-0.39, 0.29) is 15.7 Å². The fourth-order valence-corrected chi connectivity index (χ4v) is 18.5. The third kappa shape index (κ3) is 19.8. The van der Waals surface area contributed by atoms with E-state index in [1.54, 1.807) is 12.1 Å². The van der Waals surface area contributed by atoms with E-state index >= 15 is 0 Å². The molecule has 0 saturated carbocycles. The molecule has 10 rings (SSSR count). The molecule has 0 fully saturated rings. The molecule has 0 radical (unpaired) electrons. The van der Waals surface area contributed by atoms with Crippen LogP contribution in [0.2, 0.25) is 0 Å². The summed E-state index contributed by atoms with van der Waals surface area (Å²) in [5.74, 6) is 0. The average Bonchev–Trinajstić information content (AvgIpc) is 1.58. The molecular weight excluding hydrogens is 1220 g/mol. The topological polar surface area (TPSA) is 58.5 Å². The van der Waals surface area contributed by atoms with Crippen LogP contribution < -0.4 is 4.83 Å². The van der Waals surface area contributed by atoms with E-state index in [0.29, 0.717) is 5.71 Å². The van der Waals surface area contributed by atoms with Gasteiger partial charge in [-0.15, -0.1) is 0 Å². The van der Waals surface area contributed by atoms with E-state index < -0.39 is 10.0 Å². The lowest BCUT2D eigenvalue weighted by Gasteiger charge is -2.33. The van der Waals surface area contributed by atoms with Crippen molar-refractivity contribution in [1.82, 2.24) is 4.83 Å². The summed E-state index contributed by atoms with van der Waals surface area (Å²) in [4.78, 5) is 2.99. The number of hydrogen-bond acceptors (Lipinski definition) is 3. The van der Waals surface area contributed by atoms with E-state index in [0.717, 1.165) is 38.9 Å². The van der Waals surface area contributed by atoms with Crippen LogP contribution in [0.1, 0.15) is 349 Å². The van der Waals surface area contributed by atoms with Crippen LogP contribution in [0, 0.1) is 6.92 Å². The summed E-state index contributed by atoms with van der Waals surface area (Å²) in [7, 11) is -4.00. The molecule has 7 aromatic rings. The third-order valence-electron chi connectivity index (χ3n) is 23.5. The molecule has 0 saturated heterocycles. The highest BCUT2D eigenvalue weighted by molar-refractivity contribution is 7.89. The lowest BCUT2D eigenvalue weighted by molar-refractivity contribution is 0.397. The van der Waals surface area contributed by atoms with Crippen molar-refractivity contribution in [3.63, 3.8) is 0 Å². The van der Waals surface area contributed by atoms with Crippen LogP contribution in [0.15, 0.2) is 156 Å². The average molecular weight is 1350 g/mol. The van der Waals surface area contributed by atoms with Crippen LogP contribution in [-0.2, 0) is 20.9 Å². The van der Waals surface area contributed by atoms with Crippen LogP contribution in [0.25, 0.3) is 55.6 Å². The smallest absolute Gasteiger partial charge is 0.200 e. The van der Waals surface area contributed by atoms with Gasteiger partial charge in [0, 0.05) is 22.0 Å². The highest BCUT2D eigenvalue weighted by Crippen LogP contribution is 2.57. The van der Waals surface area contributed by atoms with Gasteiger partial charge in [0.05, 0.1) is 10.6 Å². The first-order valence-corrected chi connectivity index (χ1v) is 42.6. The second kappa shape index (κ2) is 39.4. The molecule has 3 aliphatic rings. The Labute approximate surface area is 603 Å². The quantitative estimate of drug-likeness (QED) is 0.0305. The van der Waals surface area contributed by atoms with E-state index in [1.807, 2.05) is 19.1 Å². The summed E-state index contributed by atoms with van der Waals surface area (Å²) in [6.45, 7) is 11.2. The Morgan fingerprint density at radius 2 is 0.556 bits per heavy atom. The molecular formula is C94H128N2O2S. The maximum Gasteiger partial charge on any atom is 0.276 e. The molecule has 0 aromatic heterocycles. The van der Waals surface area contributed by atoms with Gasteiger partial charge in [-0.3, -0.25) is 0 Å². The monoisotopic (exact) mass is 1350 g/mol. The van der Waals surface area contributed by atoms with Gasteiger partial charge in [0.25, 0.3) is 10.0 Å². The Balaban J connectivity index is 0.964. The third-order valence-corrected chi connectivity index (χ3v) is 24.7. The number of benzene rings is 7. The first-order valence-electron chi connectivity index (χ1n) is 41.1. The molecule has 0 aliphatic heterocycles. The molecule has 99 heavy (non-hydrogen) atoms. The first-order chi connectivity index (χ1) is 48.7. The van der Waals surface area contributed by atoms with E-state index in [4.69, 9.17) is 5.10 Å². The molecule has 3 aliphatic carbocycles. The molecule has 4 nitrogen and oxygen atoms in total. The minimum atomic E-state index is -4.00. The summed E-state index contributed by atoms with van der Waals surface area (Å²) >= 11 is 0. The highest BCUT2D eigenvalue weighted by Gasteiger charge is 2.44. The molecule has 0 spiro atoms. The lowest BCUT2D eigenvalue weighted by atomic mass is 9.70. The molecule has 5 heteroatoms. The van der Waals surface area contributed by atoms with Crippen molar-refractivity contribution in [3.05, 3.63) is 185 Å². The van der Waals surface area contributed by atoms with Gasteiger partial charge >= 0.3 is 0 Å². The molecule has 532 valence electrons. The maximum atomic E-state index is 14.3. The summed E-state index contributed by atoms with van der Waals surface area (Å²) < 4.78 is 28.7. The largest absolute Gasteiger partial charge is 0.276 e. The standard InChI is InChI=1S/C94H128N2O2S/c1-6-10-14-18-22-26-30-34-38-46-66-93(67-47-39-35-31-27-23-19-15-11-7-2)88-52-44-42-50-82(88)84-64-58-77(72-90(84)93)75-56-62-80-81-63-57-76(71-87(81)92(86(80)70-75)95-96-99(97,98)79-60-54-74(5)55-61-79)78-59-65-85-83-51-43-45-53-89(83)94(91(85)73-78,68-48-40-36-32-28-24-20-16-12-8-3)69-49-41-37-33-29-25-21-17-13-9-4/h42-45,50-65,70-73,96H,6-41,46-49,66-69H2,1-5H3. The number of hydrogen-bond donors (Lipinski definition) is 1. The summed E-state index contributed by atoms with van der Waals surface area (Å²) in [6.07, 6.45) is 58.2. The van der Waals surface area contributed by atoms with Gasteiger partial charge in [-0.25, -0.2) is 0 Å². The first kappa shape index (κ1) is 75.6. The number of hydrazone groups is 1. The zero-order chi connectivity index (χ0) is 69.0. The predicted octanol–water partition coefficient (Wildman–Crippen LogP) is 28.8. The van der Waals surface area contributed by atoms with E-state index in [2.05, 4.69) is 154 Å². The van der Waals surface area contributed by atoms with Crippen molar-refractivity contribution in [2.24, 2.45) is 5.10 Å². The van der Waals surface area contributed by atoms with E-state index in [1.165, 1.54) is 338 Å². The van der Waals surface area contributed by atoms with Crippen LogP contribution >= 0.6 is 0 Å². The Hall–Kier alpha value is -6.04. The molecule has 0 amide bonds.